The highest BCUT2D eigenvalue weighted by molar-refractivity contribution is 7.92. The van der Waals surface area contributed by atoms with Crippen molar-refractivity contribution in [1.29, 1.82) is 0 Å². The summed E-state index contributed by atoms with van der Waals surface area (Å²) in [6.07, 6.45) is 0.993. The van der Waals surface area contributed by atoms with Gasteiger partial charge in [0.05, 0.1) is 11.3 Å². The van der Waals surface area contributed by atoms with E-state index < -0.39 is 21.5 Å². The topological polar surface area (TPSA) is 47.0 Å². The molecular weight excluding hydrogens is 268 g/mol. The molecule has 7 heteroatoms. The van der Waals surface area contributed by atoms with Crippen molar-refractivity contribution in [2.24, 2.45) is 0 Å². The SMILES string of the molecule is CS(=O)(=O)c1nc(-c2c(F)cccc2F)cs1. The molecule has 0 amide bonds. The fourth-order valence-corrected chi connectivity index (χ4v) is 2.93. The average molecular weight is 275 g/mol. The van der Waals surface area contributed by atoms with E-state index in [1.54, 1.807) is 0 Å². The summed E-state index contributed by atoms with van der Waals surface area (Å²) in [4.78, 5) is 3.72. The van der Waals surface area contributed by atoms with E-state index in [0.717, 1.165) is 29.7 Å². The molecule has 3 nitrogen and oxygen atoms in total. The zero-order chi connectivity index (χ0) is 12.6. The molecule has 2 aromatic rings. The molecular formula is C10H7F2NO2S2. The fraction of sp³-hybridized carbons (Fsp3) is 0.100. The molecule has 0 aliphatic heterocycles. The zero-order valence-electron chi connectivity index (χ0n) is 8.65. The Morgan fingerprint density at radius 1 is 1.24 bits per heavy atom. The molecule has 1 heterocycles. The van der Waals surface area contributed by atoms with Gasteiger partial charge in [0.1, 0.15) is 11.6 Å². The van der Waals surface area contributed by atoms with Gasteiger partial charge in [-0.25, -0.2) is 22.2 Å². The van der Waals surface area contributed by atoms with Crippen LogP contribution in [0, 0.1) is 11.6 Å². The molecule has 0 spiro atoms. The lowest BCUT2D eigenvalue weighted by Crippen LogP contribution is -1.96. The van der Waals surface area contributed by atoms with Gasteiger partial charge in [-0.3, -0.25) is 0 Å². The summed E-state index contributed by atoms with van der Waals surface area (Å²) in [5.74, 6) is -1.54. The highest BCUT2D eigenvalue weighted by atomic mass is 32.2. The Morgan fingerprint density at radius 3 is 2.29 bits per heavy atom. The second-order valence-corrected chi connectivity index (χ2v) is 6.42. The maximum absolute atomic E-state index is 13.4. The third-order valence-corrected chi connectivity index (χ3v) is 4.58. The van der Waals surface area contributed by atoms with Crippen LogP contribution in [0.3, 0.4) is 0 Å². The number of benzene rings is 1. The second-order valence-electron chi connectivity index (χ2n) is 3.37. The highest BCUT2D eigenvalue weighted by Gasteiger charge is 2.18. The molecule has 0 radical (unpaired) electrons. The van der Waals surface area contributed by atoms with Gasteiger partial charge in [0.25, 0.3) is 0 Å². The number of halogens is 2. The van der Waals surface area contributed by atoms with Crippen molar-refractivity contribution >= 4 is 21.2 Å². The van der Waals surface area contributed by atoms with Crippen LogP contribution < -0.4 is 0 Å². The van der Waals surface area contributed by atoms with Crippen molar-refractivity contribution in [3.05, 3.63) is 35.2 Å². The van der Waals surface area contributed by atoms with Crippen LogP contribution >= 0.6 is 11.3 Å². The van der Waals surface area contributed by atoms with Crippen molar-refractivity contribution in [3.63, 3.8) is 0 Å². The van der Waals surface area contributed by atoms with Crippen LogP contribution in [-0.2, 0) is 9.84 Å². The Morgan fingerprint density at radius 2 is 1.82 bits per heavy atom. The van der Waals surface area contributed by atoms with Crippen molar-refractivity contribution in [2.45, 2.75) is 4.34 Å². The van der Waals surface area contributed by atoms with E-state index in [4.69, 9.17) is 0 Å². The zero-order valence-corrected chi connectivity index (χ0v) is 10.3. The van der Waals surface area contributed by atoms with E-state index in [1.165, 1.54) is 11.4 Å². The van der Waals surface area contributed by atoms with E-state index in [1.807, 2.05) is 0 Å². The van der Waals surface area contributed by atoms with Crippen LogP contribution in [0.15, 0.2) is 27.9 Å². The molecule has 2 rings (SSSR count). The molecule has 90 valence electrons. The molecule has 0 unspecified atom stereocenters. The van der Waals surface area contributed by atoms with Gasteiger partial charge in [0.2, 0.25) is 14.2 Å². The smallest absolute Gasteiger partial charge is 0.209 e. The van der Waals surface area contributed by atoms with Crippen LogP contribution in [0.4, 0.5) is 8.78 Å². The van der Waals surface area contributed by atoms with Crippen LogP contribution in [0.1, 0.15) is 0 Å². The van der Waals surface area contributed by atoms with E-state index >= 15 is 0 Å². The van der Waals surface area contributed by atoms with Crippen LogP contribution in [0.25, 0.3) is 11.3 Å². The predicted molar refractivity (Wildman–Crippen MR) is 60.6 cm³/mol. The summed E-state index contributed by atoms with van der Waals surface area (Å²) in [6, 6.07) is 3.42. The Kier molecular flexibility index (Phi) is 2.96. The third-order valence-electron chi connectivity index (χ3n) is 2.02. The standard InChI is InChI=1S/C10H7F2NO2S2/c1-17(14,15)10-13-8(5-16-10)9-6(11)3-2-4-7(9)12/h2-5H,1H3. The molecule has 0 saturated carbocycles. The monoisotopic (exact) mass is 275 g/mol. The molecule has 1 aromatic heterocycles. The first-order valence-electron chi connectivity index (χ1n) is 4.49. The highest BCUT2D eigenvalue weighted by Crippen LogP contribution is 2.28. The van der Waals surface area contributed by atoms with Crippen LogP contribution in [0.5, 0.6) is 0 Å². The lowest BCUT2D eigenvalue weighted by Gasteiger charge is -2.00. The van der Waals surface area contributed by atoms with Gasteiger partial charge in [-0.05, 0) is 12.1 Å². The minimum absolute atomic E-state index is 0.00831. The lowest BCUT2D eigenvalue weighted by atomic mass is 10.1. The van der Waals surface area contributed by atoms with Gasteiger partial charge in [0.15, 0.2) is 0 Å². The first-order valence-corrected chi connectivity index (χ1v) is 7.26. The van der Waals surface area contributed by atoms with Gasteiger partial charge in [-0.1, -0.05) is 6.07 Å². The minimum atomic E-state index is -3.45. The number of rotatable bonds is 2. The number of hydrogen-bond acceptors (Lipinski definition) is 4. The van der Waals surface area contributed by atoms with Crippen molar-refractivity contribution in [2.75, 3.05) is 6.26 Å². The van der Waals surface area contributed by atoms with Gasteiger partial charge >= 0.3 is 0 Å². The van der Waals surface area contributed by atoms with Gasteiger partial charge in [-0.2, -0.15) is 0 Å². The van der Waals surface area contributed by atoms with Gasteiger partial charge in [0, 0.05) is 11.6 Å². The maximum Gasteiger partial charge on any atom is 0.209 e. The fourth-order valence-electron chi connectivity index (χ4n) is 1.28. The van der Waals surface area contributed by atoms with Gasteiger partial charge < -0.3 is 0 Å². The summed E-state index contributed by atoms with van der Waals surface area (Å²) in [6.45, 7) is 0. The normalized spacial score (nSPS) is 11.7. The number of thiazole rings is 1. The maximum atomic E-state index is 13.4. The summed E-state index contributed by atoms with van der Waals surface area (Å²) < 4.78 is 49.1. The van der Waals surface area contributed by atoms with Crippen molar-refractivity contribution < 1.29 is 17.2 Å². The van der Waals surface area contributed by atoms with E-state index in [2.05, 4.69) is 4.98 Å². The molecule has 0 bridgehead atoms. The predicted octanol–water partition coefficient (Wildman–Crippen LogP) is 2.49. The van der Waals surface area contributed by atoms with Crippen molar-refractivity contribution in [1.82, 2.24) is 4.98 Å². The van der Waals surface area contributed by atoms with Crippen molar-refractivity contribution in [3.8, 4) is 11.3 Å². The molecule has 0 N–H and O–H groups in total. The minimum Gasteiger partial charge on any atom is -0.225 e. The summed E-state index contributed by atoms with van der Waals surface area (Å²) in [5, 5.41) is 1.32. The first-order chi connectivity index (χ1) is 7.89. The van der Waals surface area contributed by atoms with Crippen LogP contribution in [0.2, 0.25) is 0 Å². The molecule has 0 fully saturated rings. The molecule has 1 aromatic carbocycles. The van der Waals surface area contributed by atoms with E-state index in [-0.39, 0.29) is 15.6 Å². The number of hydrogen-bond donors (Lipinski definition) is 0. The van der Waals surface area contributed by atoms with Gasteiger partial charge in [-0.15, -0.1) is 11.3 Å². The molecule has 17 heavy (non-hydrogen) atoms. The summed E-state index contributed by atoms with van der Waals surface area (Å²) >= 11 is 0.836. The Balaban J connectivity index is 2.59. The Hall–Kier alpha value is -1.34. The molecule has 0 saturated heterocycles. The lowest BCUT2D eigenvalue weighted by molar-refractivity contribution is 0.587. The van der Waals surface area contributed by atoms with E-state index in [0.29, 0.717) is 0 Å². The number of aromatic nitrogens is 1. The molecule has 0 aliphatic rings. The first kappa shape index (κ1) is 12.1. The molecule has 0 aliphatic carbocycles. The summed E-state index contributed by atoms with van der Waals surface area (Å²) in [5.41, 5.74) is -0.315. The summed E-state index contributed by atoms with van der Waals surface area (Å²) in [7, 11) is -3.45. The van der Waals surface area contributed by atoms with E-state index in [9.17, 15) is 17.2 Å². The average Bonchev–Trinajstić information content (AvgIpc) is 2.65. The van der Waals surface area contributed by atoms with Crippen LogP contribution in [-0.4, -0.2) is 19.7 Å². The third kappa shape index (κ3) is 2.34. The quantitative estimate of drug-likeness (QED) is 0.846. The number of nitrogens with zero attached hydrogens (tertiary/aromatic N) is 1. The Labute approximate surface area is 101 Å². The Bertz CT molecular complexity index is 644. The largest absolute Gasteiger partial charge is 0.225 e. The number of sulfone groups is 1. The molecule has 0 atom stereocenters. The second kappa shape index (κ2) is 4.15.